The molecule has 0 atom stereocenters. The van der Waals surface area contributed by atoms with E-state index in [2.05, 4.69) is 122 Å². The van der Waals surface area contributed by atoms with Crippen LogP contribution in [0.1, 0.15) is 92.0 Å². The van der Waals surface area contributed by atoms with Gasteiger partial charge < -0.3 is 0 Å². The molecule has 0 unspecified atom stereocenters. The Morgan fingerprint density at radius 3 is 1.39 bits per heavy atom. The number of sulfone groups is 2. The van der Waals surface area contributed by atoms with E-state index in [1.165, 1.54) is 33.8 Å². The number of halogens is 4. The van der Waals surface area contributed by atoms with Crippen molar-refractivity contribution >= 4 is 214 Å². The van der Waals surface area contributed by atoms with E-state index in [-0.39, 0.29) is 4.90 Å². The molecule has 8 aromatic carbocycles. The van der Waals surface area contributed by atoms with Crippen molar-refractivity contribution in [3.8, 4) is 34.7 Å². The highest BCUT2D eigenvalue weighted by Gasteiger charge is 2.28. The Labute approximate surface area is 608 Å². The largest absolute Gasteiger partial charge is 0.245 e. The highest BCUT2D eigenvalue weighted by Crippen LogP contribution is 2.39. The number of thioether (sulfide) groups is 1. The van der Waals surface area contributed by atoms with Gasteiger partial charge in [0.2, 0.25) is 19.7 Å². The van der Waals surface area contributed by atoms with E-state index >= 15 is 0 Å². The van der Waals surface area contributed by atoms with Gasteiger partial charge in [-0.2, -0.15) is 0 Å². The van der Waals surface area contributed by atoms with Crippen molar-refractivity contribution in [2.75, 3.05) is 0 Å². The van der Waals surface area contributed by atoms with Crippen molar-refractivity contribution in [3.05, 3.63) is 254 Å². The molecule has 92 heavy (non-hydrogen) atoms. The predicted molar refractivity (Wildman–Crippen MR) is 427 cm³/mol. The third-order valence-corrected chi connectivity index (χ3v) is 28.5. The number of aryl methyl sites for hydroxylation is 1. The molecule has 1 aliphatic carbocycles. The fraction of sp³-hybridized carbons (Fsp3) is 0.171. The molecule has 0 radical (unpaired) electrons. The Balaban J connectivity index is 0.000000251. The lowest BCUT2D eigenvalue weighted by Gasteiger charge is -2.14. The molecule has 0 spiro atoms. The molecule has 22 heteroatoms. The maximum Gasteiger partial charge on any atom is 0.245 e. The van der Waals surface area contributed by atoms with E-state index in [9.17, 15) is 16.8 Å². The van der Waals surface area contributed by atoms with Crippen LogP contribution in [0.3, 0.4) is 0 Å². The van der Waals surface area contributed by atoms with Gasteiger partial charge in [0, 0.05) is 162 Å². The summed E-state index contributed by atoms with van der Waals surface area (Å²) in [5.41, 5.74) is 5.56. The van der Waals surface area contributed by atoms with Crippen LogP contribution in [0.5, 0.6) is 0 Å². The second kappa shape index (κ2) is 48.4. The molecule has 478 valence electrons. The molecule has 0 saturated carbocycles. The molecule has 0 N–H and O–H groups in total. The van der Waals surface area contributed by atoms with E-state index in [0.717, 1.165) is 122 Å². The van der Waals surface area contributed by atoms with E-state index < -0.39 is 19.7 Å². The number of hydrogen-bond acceptors (Lipinski definition) is 9. The third-order valence-electron chi connectivity index (χ3n) is 12.4. The summed E-state index contributed by atoms with van der Waals surface area (Å²) < 4.78 is 50.4. The lowest BCUT2D eigenvalue weighted by atomic mass is 10.0. The molecule has 8 aromatic rings. The second-order valence-electron chi connectivity index (χ2n) is 18.9. The quantitative estimate of drug-likeness (QED) is 0.0407. The van der Waals surface area contributed by atoms with Gasteiger partial charge in [0.25, 0.3) is 0 Å². The molecule has 1 aliphatic rings. The van der Waals surface area contributed by atoms with Gasteiger partial charge in [0.1, 0.15) is 0 Å². The Bertz CT molecular complexity index is 4400. The summed E-state index contributed by atoms with van der Waals surface area (Å²) in [5.74, 6) is 8.57. The minimum absolute atomic E-state index is 0.245. The topological polar surface area (TPSA) is 68.3 Å². The molecule has 4 nitrogen and oxygen atoms in total. The highest BCUT2D eigenvalue weighted by atomic mass is 35.5. The van der Waals surface area contributed by atoms with Crippen LogP contribution in [0, 0.1) is 34.7 Å². The molecule has 0 saturated heterocycles. The first kappa shape index (κ1) is 80.2. The maximum atomic E-state index is 13.3. The van der Waals surface area contributed by atoms with Crippen molar-refractivity contribution in [1.29, 1.82) is 0 Å². The molecule has 0 bridgehead atoms. The molecule has 0 fully saturated rings. The van der Waals surface area contributed by atoms with Crippen LogP contribution >= 0.6 is 58.2 Å². The van der Waals surface area contributed by atoms with E-state index in [1.54, 1.807) is 108 Å². The SMILES string of the molecule is C#CCCC/C=C/c1ccc(Cl)cc1.Clc1ccc(/C=C/CCCC#CSc2ccccc2)cc1.O=S(=O)(C#CCCC/C=C/c1ccc(Cl)cc1)c1ccccc1.O=S(=O)(c1ccccc1)c1c2c(cc3ccc(Cl)cc13)CCC2.S=S=S.S=S=S=S=S=S=S=S. The first-order valence-electron chi connectivity index (χ1n) is 28.1. The van der Waals surface area contributed by atoms with E-state index in [0.29, 0.717) is 21.2 Å². The molecular formula is C70H62Cl4O4S14. The van der Waals surface area contributed by atoms with Crippen molar-refractivity contribution < 1.29 is 16.8 Å². The predicted octanol–water partition coefficient (Wildman–Crippen LogP) is 20.2. The van der Waals surface area contributed by atoms with Gasteiger partial charge in [0.15, 0.2) is 0 Å². The van der Waals surface area contributed by atoms with Crippen LogP contribution in [-0.4, -0.2) is 16.8 Å². The summed E-state index contributed by atoms with van der Waals surface area (Å²) in [5, 5.41) is 10.0. The highest BCUT2D eigenvalue weighted by molar-refractivity contribution is 8.70. The summed E-state index contributed by atoms with van der Waals surface area (Å²) in [4.78, 5) is 2.22. The maximum absolute atomic E-state index is 13.3. The van der Waals surface area contributed by atoms with Crippen molar-refractivity contribution in [1.82, 2.24) is 0 Å². The summed E-state index contributed by atoms with van der Waals surface area (Å²) in [7, 11) is 2.98. The summed E-state index contributed by atoms with van der Waals surface area (Å²) >= 11 is 42.6. The molecule has 0 aromatic heterocycles. The zero-order valence-corrected chi connectivity index (χ0v) is 63.7. The van der Waals surface area contributed by atoms with Crippen LogP contribution in [0.15, 0.2) is 226 Å². The van der Waals surface area contributed by atoms with Gasteiger partial charge in [-0.1, -0.05) is 198 Å². The van der Waals surface area contributed by atoms with Gasteiger partial charge in [-0.25, -0.2) is 16.8 Å². The third kappa shape index (κ3) is 32.9. The lowest BCUT2D eigenvalue weighted by molar-refractivity contribution is 0.595. The van der Waals surface area contributed by atoms with Gasteiger partial charge in [-0.3, -0.25) is 0 Å². The zero-order chi connectivity index (χ0) is 66.5. The Morgan fingerprint density at radius 1 is 0.489 bits per heavy atom. The number of fused-ring (bicyclic) bond motifs is 2. The number of rotatable bonds is 16. The molecule has 0 amide bonds. The molecule has 0 heterocycles. The monoisotopic (exact) mass is 1550 g/mol. The van der Waals surface area contributed by atoms with Crippen LogP contribution in [0.2, 0.25) is 20.1 Å². The lowest BCUT2D eigenvalue weighted by Crippen LogP contribution is -2.07. The fourth-order valence-corrected chi connectivity index (χ4v) is 23.0. The van der Waals surface area contributed by atoms with Crippen molar-refractivity contribution in [2.45, 2.75) is 96.6 Å². The minimum Gasteiger partial charge on any atom is -0.218 e. The Morgan fingerprint density at radius 2 is 0.924 bits per heavy atom. The van der Waals surface area contributed by atoms with Gasteiger partial charge >= 0.3 is 0 Å². The first-order valence-corrected chi connectivity index (χ1v) is 45.4. The van der Waals surface area contributed by atoms with Gasteiger partial charge in [-0.05, 0) is 193 Å². The smallest absolute Gasteiger partial charge is 0.218 e. The van der Waals surface area contributed by atoms with E-state index in [4.69, 9.17) is 52.8 Å². The summed E-state index contributed by atoms with van der Waals surface area (Å²) in [6.07, 6.45) is 28.7. The average molecular weight is 1560 g/mol. The molecule has 0 aliphatic heterocycles. The standard InChI is InChI=1S/C19H15ClO2S.C19H17ClO2S.C19H17ClS.C13H13Cl.S8.S3/c20-15-10-9-14-11-13-5-4-8-17(13)19(18(14)12-15)23(21,22)16-6-2-1-3-7-16;20-18-14-12-17(13-15-18)9-5-2-1-3-8-16-23(21,22)19-10-6-4-7-11-19;20-18-14-12-17(13-15-18)9-5-2-1-3-8-16-21-19-10-6-4-7-11-19;1-2-3-4-5-6-7-12-8-10-13(14)11-9-12;1-3-5-7-8-6-4-2;1-3-2/h1-3,6-7,9-12H,4-5,8H2;4-7,9-15H,1-3H2;4-7,9-15H,1-3H2;1,6-11H,3-5H2;;/b;2*9-5+;7-6+;;. The Hall–Kier alpha value is -4.25. The summed E-state index contributed by atoms with van der Waals surface area (Å²) in [6.45, 7) is 0. The normalized spacial score (nSPS) is 10.9. The van der Waals surface area contributed by atoms with Crippen molar-refractivity contribution in [3.63, 3.8) is 0 Å². The second-order valence-corrected chi connectivity index (χ2v) is 37.5. The molecular weight excluding hydrogens is 1500 g/mol. The van der Waals surface area contributed by atoms with Crippen LogP contribution in [0.25, 0.3) is 29.0 Å². The number of hydrogen-bond donors (Lipinski definition) is 0. The number of benzene rings is 8. The van der Waals surface area contributed by atoms with Crippen LogP contribution in [-0.2, 0) is 139 Å². The van der Waals surface area contributed by atoms with Crippen molar-refractivity contribution in [2.24, 2.45) is 0 Å². The van der Waals surface area contributed by atoms with E-state index in [1.807, 2.05) is 115 Å². The minimum atomic E-state index is -3.57. The fourth-order valence-electron chi connectivity index (χ4n) is 8.21. The summed E-state index contributed by atoms with van der Waals surface area (Å²) in [6, 6.07) is 58.0. The molecule has 9 rings (SSSR count). The average Bonchev–Trinajstić information content (AvgIpc) is 1.23. The zero-order valence-electron chi connectivity index (χ0n) is 49.3. The van der Waals surface area contributed by atoms with Gasteiger partial charge in [-0.15, -0.1) is 12.3 Å². The first-order chi connectivity index (χ1) is 44.6. The Kier molecular flexibility index (Phi) is 42.2. The number of unbranched alkanes of at least 4 members (excludes halogenated alkanes) is 6. The van der Waals surface area contributed by atoms with Crippen LogP contribution in [0.4, 0.5) is 0 Å². The number of terminal acetylenes is 1. The number of allylic oxidation sites excluding steroid dienone is 3. The van der Waals surface area contributed by atoms with Crippen LogP contribution < -0.4 is 0 Å². The van der Waals surface area contributed by atoms with Gasteiger partial charge in [0.05, 0.1) is 14.7 Å².